The van der Waals surface area contributed by atoms with Crippen LogP contribution in [0.25, 0.3) is 10.9 Å². The molecule has 1 amide bonds. The summed E-state index contributed by atoms with van der Waals surface area (Å²) in [4.78, 5) is 28.4. The first-order valence-corrected chi connectivity index (χ1v) is 13.8. The van der Waals surface area contributed by atoms with Gasteiger partial charge in [-0.1, -0.05) is 36.4 Å². The third-order valence-electron chi connectivity index (χ3n) is 7.34. The van der Waals surface area contributed by atoms with Gasteiger partial charge in [-0.25, -0.2) is 4.79 Å². The summed E-state index contributed by atoms with van der Waals surface area (Å²) in [5, 5.41) is 13.3. The number of amides is 1. The topological polar surface area (TPSA) is 119 Å². The van der Waals surface area contributed by atoms with Gasteiger partial charge in [-0.3, -0.25) is 4.79 Å². The molecule has 0 spiro atoms. The highest BCUT2D eigenvalue weighted by Crippen LogP contribution is 2.32. The fourth-order valence-electron chi connectivity index (χ4n) is 4.95. The van der Waals surface area contributed by atoms with Crippen molar-refractivity contribution < 1.29 is 33.6 Å². The molecule has 0 fully saturated rings. The number of aliphatic hydroxyl groups is 1. The molecule has 4 aromatic rings. The Hall–Kier alpha value is -4.60. The number of aromatic nitrogens is 1. The minimum Gasteiger partial charge on any atom is -0.497 e. The number of carbonyl (C=O) groups excluding carboxylic acids is 2. The number of esters is 1. The zero-order valence-corrected chi connectivity index (χ0v) is 23.6. The minimum absolute atomic E-state index is 0.0267. The molecular formula is C33H34N2O7. The number of hydrogen-bond acceptors (Lipinski definition) is 7. The van der Waals surface area contributed by atoms with Gasteiger partial charge in [0.15, 0.2) is 5.76 Å². The number of fused-ring (bicyclic) bond motifs is 1. The number of rotatable bonds is 11. The second-order valence-electron chi connectivity index (χ2n) is 10.1. The second-order valence-corrected chi connectivity index (χ2v) is 10.1. The zero-order valence-electron chi connectivity index (χ0n) is 23.6. The van der Waals surface area contributed by atoms with Crippen LogP contribution in [0.1, 0.15) is 45.0 Å². The number of aliphatic hydroxyl groups excluding tert-OH is 1. The molecule has 2 heterocycles. The van der Waals surface area contributed by atoms with Crippen LogP contribution >= 0.6 is 0 Å². The molecule has 5 rings (SSSR count). The monoisotopic (exact) mass is 570 g/mol. The molecule has 9 nitrogen and oxygen atoms in total. The van der Waals surface area contributed by atoms with E-state index in [-0.39, 0.29) is 30.8 Å². The number of aromatic amines is 1. The average molecular weight is 571 g/mol. The van der Waals surface area contributed by atoms with Crippen molar-refractivity contribution in [2.75, 3.05) is 20.8 Å². The van der Waals surface area contributed by atoms with E-state index < -0.39 is 12.3 Å². The number of allylic oxidation sites excluding steroid dienone is 1. The molecule has 3 N–H and O–H groups in total. The van der Waals surface area contributed by atoms with Crippen molar-refractivity contribution in [1.82, 2.24) is 10.3 Å². The zero-order chi connectivity index (χ0) is 29.5. The van der Waals surface area contributed by atoms with Crippen LogP contribution < -0.4 is 10.1 Å². The maximum Gasteiger partial charge on any atom is 0.337 e. The lowest BCUT2D eigenvalue weighted by Gasteiger charge is -2.29. The van der Waals surface area contributed by atoms with Crippen molar-refractivity contribution in [1.29, 1.82) is 0 Å². The smallest absolute Gasteiger partial charge is 0.337 e. The molecule has 218 valence electrons. The van der Waals surface area contributed by atoms with Gasteiger partial charge in [0.05, 0.1) is 33.0 Å². The molecule has 0 saturated heterocycles. The molecule has 1 aliphatic rings. The van der Waals surface area contributed by atoms with Crippen LogP contribution in [-0.4, -0.2) is 49.0 Å². The summed E-state index contributed by atoms with van der Waals surface area (Å²) in [7, 11) is 2.98. The second kappa shape index (κ2) is 13.4. The summed E-state index contributed by atoms with van der Waals surface area (Å²) < 4.78 is 22.3. The predicted molar refractivity (Wildman–Crippen MR) is 157 cm³/mol. The van der Waals surface area contributed by atoms with Gasteiger partial charge >= 0.3 is 5.97 Å². The minimum atomic E-state index is -0.667. The van der Waals surface area contributed by atoms with Crippen LogP contribution in [0, 0.1) is 0 Å². The first kappa shape index (κ1) is 28.9. The van der Waals surface area contributed by atoms with Gasteiger partial charge in [0, 0.05) is 36.0 Å². The molecule has 2 atom stereocenters. The van der Waals surface area contributed by atoms with Gasteiger partial charge in [0.2, 0.25) is 6.29 Å². The lowest BCUT2D eigenvalue weighted by atomic mass is 9.92. The van der Waals surface area contributed by atoms with Gasteiger partial charge in [-0.05, 0) is 65.1 Å². The summed E-state index contributed by atoms with van der Waals surface area (Å²) in [6.07, 6.45) is 4.18. The number of hydrogen-bond donors (Lipinski definition) is 3. The van der Waals surface area contributed by atoms with Crippen molar-refractivity contribution in [2.24, 2.45) is 0 Å². The molecule has 42 heavy (non-hydrogen) atoms. The predicted octanol–water partition coefficient (Wildman–Crippen LogP) is 4.75. The number of benzene rings is 3. The first-order chi connectivity index (χ1) is 20.5. The lowest BCUT2D eigenvalue weighted by molar-refractivity contribution is -0.150. The Balaban J connectivity index is 1.28. The Morgan fingerprint density at radius 3 is 2.50 bits per heavy atom. The first-order valence-electron chi connectivity index (χ1n) is 13.8. The van der Waals surface area contributed by atoms with Crippen molar-refractivity contribution in [3.05, 3.63) is 113 Å². The molecule has 0 saturated carbocycles. The SMILES string of the molecule is COC(=O)c1ccc([C@@H]2C=C(C(=O)NCCc3c[nH]c4ccc(OC)cc34)O[C@H](OCc3ccc(CO)cc3)C2)cc1. The van der Waals surface area contributed by atoms with Crippen molar-refractivity contribution in [3.63, 3.8) is 0 Å². The van der Waals surface area contributed by atoms with Crippen molar-refractivity contribution in [3.8, 4) is 5.75 Å². The van der Waals surface area contributed by atoms with E-state index >= 15 is 0 Å². The van der Waals surface area contributed by atoms with Crippen LogP contribution in [0.5, 0.6) is 5.75 Å². The lowest BCUT2D eigenvalue weighted by Crippen LogP contribution is -2.33. The Morgan fingerprint density at radius 2 is 1.79 bits per heavy atom. The number of H-pyrrole nitrogens is 1. The Bertz CT molecular complexity index is 1560. The third kappa shape index (κ3) is 6.82. The van der Waals surface area contributed by atoms with Crippen LogP contribution in [0.15, 0.2) is 84.8 Å². The van der Waals surface area contributed by atoms with E-state index in [1.807, 2.05) is 60.8 Å². The maximum absolute atomic E-state index is 13.3. The van der Waals surface area contributed by atoms with Gasteiger partial charge < -0.3 is 34.4 Å². The highest BCUT2D eigenvalue weighted by atomic mass is 16.7. The van der Waals surface area contributed by atoms with E-state index in [4.69, 9.17) is 18.9 Å². The van der Waals surface area contributed by atoms with E-state index in [0.29, 0.717) is 24.9 Å². The standard InChI is InChI=1S/C33H34N2O7/c1-39-27-11-12-29-28(17-27)25(18-35-29)13-14-34-32(37)30-15-26(23-7-9-24(10-8-23)33(38)40-2)16-31(42-30)41-20-22-5-3-21(19-36)4-6-22/h3-12,15,17-18,26,31,35-36H,13-14,16,19-20H2,1-2H3,(H,34,37)/t26-,31+/m1/s1. The molecule has 0 radical (unpaired) electrons. The quantitative estimate of drug-likeness (QED) is 0.223. The van der Waals surface area contributed by atoms with Gasteiger partial charge in [-0.2, -0.15) is 0 Å². The Morgan fingerprint density at radius 1 is 1.02 bits per heavy atom. The van der Waals surface area contributed by atoms with Crippen molar-refractivity contribution >= 4 is 22.8 Å². The van der Waals surface area contributed by atoms with Gasteiger partial charge in [-0.15, -0.1) is 0 Å². The number of nitrogens with one attached hydrogen (secondary N) is 2. The van der Waals surface area contributed by atoms with Crippen LogP contribution in [0.3, 0.4) is 0 Å². The third-order valence-corrected chi connectivity index (χ3v) is 7.34. The molecule has 1 aromatic heterocycles. The summed E-state index contributed by atoms with van der Waals surface area (Å²) in [6, 6.07) is 20.4. The van der Waals surface area contributed by atoms with Crippen LogP contribution in [0.4, 0.5) is 0 Å². The fraction of sp³-hybridized carbons (Fsp3) is 0.273. The molecule has 3 aromatic carbocycles. The summed E-state index contributed by atoms with van der Waals surface area (Å²) in [5.41, 5.74) is 5.18. The molecule has 0 bridgehead atoms. The fourth-order valence-corrected chi connectivity index (χ4v) is 4.95. The van der Waals surface area contributed by atoms with E-state index in [9.17, 15) is 14.7 Å². The van der Waals surface area contributed by atoms with E-state index in [1.165, 1.54) is 7.11 Å². The molecule has 9 heteroatoms. The maximum atomic E-state index is 13.3. The van der Waals surface area contributed by atoms with Crippen LogP contribution in [-0.2, 0) is 38.6 Å². The summed E-state index contributed by atoms with van der Waals surface area (Å²) in [5.74, 6) is 0.0446. The average Bonchev–Trinajstić information content (AvgIpc) is 3.45. The highest BCUT2D eigenvalue weighted by Gasteiger charge is 2.29. The Kier molecular flexibility index (Phi) is 9.21. The van der Waals surface area contributed by atoms with Gasteiger partial charge in [0.25, 0.3) is 5.91 Å². The number of carbonyl (C=O) groups is 2. The number of methoxy groups -OCH3 is 2. The Labute approximate surface area is 244 Å². The normalized spacial score (nSPS) is 16.4. The van der Waals surface area contributed by atoms with E-state index in [1.54, 1.807) is 25.3 Å². The number of ether oxygens (including phenoxy) is 4. The highest BCUT2D eigenvalue weighted by molar-refractivity contribution is 5.92. The largest absolute Gasteiger partial charge is 0.497 e. The van der Waals surface area contributed by atoms with E-state index in [2.05, 4.69) is 10.3 Å². The molecule has 1 aliphatic heterocycles. The van der Waals surface area contributed by atoms with E-state index in [0.717, 1.165) is 38.9 Å². The van der Waals surface area contributed by atoms with Crippen LogP contribution in [0.2, 0.25) is 0 Å². The van der Waals surface area contributed by atoms with Crippen molar-refractivity contribution in [2.45, 2.75) is 38.3 Å². The molecule has 0 unspecified atom stereocenters. The summed E-state index contributed by atoms with van der Waals surface area (Å²) in [6.45, 7) is 0.662. The molecular weight excluding hydrogens is 536 g/mol. The molecule has 0 aliphatic carbocycles. The summed E-state index contributed by atoms with van der Waals surface area (Å²) >= 11 is 0. The van der Waals surface area contributed by atoms with Gasteiger partial charge in [0.1, 0.15) is 5.75 Å².